The Morgan fingerprint density at radius 2 is 1.94 bits per heavy atom. The van der Waals surface area contributed by atoms with Gasteiger partial charge in [-0.25, -0.2) is 8.78 Å². The van der Waals surface area contributed by atoms with Crippen molar-refractivity contribution in [2.45, 2.75) is 31.3 Å². The van der Waals surface area contributed by atoms with E-state index in [9.17, 15) is 13.9 Å². The first-order valence-corrected chi connectivity index (χ1v) is 5.50. The van der Waals surface area contributed by atoms with Crippen molar-refractivity contribution in [3.8, 4) is 0 Å². The van der Waals surface area contributed by atoms with Gasteiger partial charge in [0.15, 0.2) is 0 Å². The zero-order chi connectivity index (χ0) is 11.6. The second-order valence-corrected chi connectivity index (χ2v) is 4.41. The van der Waals surface area contributed by atoms with Crippen LogP contribution in [0.2, 0.25) is 0 Å². The highest BCUT2D eigenvalue weighted by Gasteiger charge is 2.30. The van der Waals surface area contributed by atoms with Gasteiger partial charge in [0, 0.05) is 12.6 Å². The molecule has 1 aliphatic rings. The fourth-order valence-corrected chi connectivity index (χ4v) is 2.10. The fourth-order valence-electron chi connectivity index (χ4n) is 2.10. The molecule has 2 rings (SSSR count). The van der Waals surface area contributed by atoms with E-state index in [2.05, 4.69) is 5.32 Å². The molecule has 0 bridgehead atoms. The van der Waals surface area contributed by atoms with Crippen molar-refractivity contribution < 1.29 is 13.9 Å². The molecule has 1 aromatic carbocycles. The van der Waals surface area contributed by atoms with Crippen LogP contribution in [0, 0.1) is 11.6 Å². The first kappa shape index (κ1) is 11.3. The molecule has 0 radical (unpaired) electrons. The van der Waals surface area contributed by atoms with Crippen molar-refractivity contribution in [2.75, 3.05) is 11.9 Å². The van der Waals surface area contributed by atoms with Crippen LogP contribution < -0.4 is 5.32 Å². The average molecular weight is 227 g/mol. The first-order valence-electron chi connectivity index (χ1n) is 5.50. The molecule has 1 saturated carbocycles. The second kappa shape index (κ2) is 4.37. The quantitative estimate of drug-likeness (QED) is 0.832. The van der Waals surface area contributed by atoms with Gasteiger partial charge in [0.05, 0.1) is 11.3 Å². The van der Waals surface area contributed by atoms with E-state index in [4.69, 9.17) is 0 Å². The molecule has 0 amide bonds. The Hall–Kier alpha value is -1.16. The summed E-state index contributed by atoms with van der Waals surface area (Å²) in [5.41, 5.74) is -0.498. The number of hydrogen-bond acceptors (Lipinski definition) is 2. The minimum absolute atomic E-state index is 0.238. The van der Waals surface area contributed by atoms with Gasteiger partial charge in [0.2, 0.25) is 0 Å². The van der Waals surface area contributed by atoms with Gasteiger partial charge in [0.1, 0.15) is 11.6 Å². The normalized spacial score (nSPS) is 18.7. The Morgan fingerprint density at radius 1 is 1.25 bits per heavy atom. The summed E-state index contributed by atoms with van der Waals surface area (Å²) in [5, 5.41) is 12.9. The zero-order valence-corrected chi connectivity index (χ0v) is 8.97. The third-order valence-corrected chi connectivity index (χ3v) is 3.07. The summed E-state index contributed by atoms with van der Waals surface area (Å²) in [6.45, 7) is 0.315. The highest BCUT2D eigenvalue weighted by Crippen LogP contribution is 2.29. The van der Waals surface area contributed by atoms with Crippen LogP contribution in [-0.4, -0.2) is 17.3 Å². The summed E-state index contributed by atoms with van der Waals surface area (Å²) in [5.74, 6) is -1.22. The van der Waals surface area contributed by atoms with Crippen LogP contribution in [0.4, 0.5) is 14.5 Å². The average Bonchev–Trinajstić information content (AvgIpc) is 2.64. The lowest BCUT2D eigenvalue weighted by atomic mass is 10.0. The summed E-state index contributed by atoms with van der Waals surface area (Å²) in [7, 11) is 0. The summed E-state index contributed by atoms with van der Waals surface area (Å²) < 4.78 is 25.9. The van der Waals surface area contributed by atoms with E-state index < -0.39 is 17.2 Å². The monoisotopic (exact) mass is 227 g/mol. The van der Waals surface area contributed by atoms with Gasteiger partial charge < -0.3 is 10.4 Å². The number of nitrogens with one attached hydrogen (secondary N) is 1. The van der Waals surface area contributed by atoms with Crippen LogP contribution in [0.1, 0.15) is 25.7 Å². The maximum absolute atomic E-state index is 13.3. The number of anilines is 1. The van der Waals surface area contributed by atoms with E-state index in [1.165, 1.54) is 12.1 Å². The van der Waals surface area contributed by atoms with E-state index in [0.29, 0.717) is 6.54 Å². The highest BCUT2D eigenvalue weighted by molar-refractivity contribution is 5.45. The number of aliphatic hydroxyl groups is 1. The van der Waals surface area contributed by atoms with Gasteiger partial charge in [-0.2, -0.15) is 0 Å². The van der Waals surface area contributed by atoms with E-state index in [-0.39, 0.29) is 5.69 Å². The molecule has 2 N–H and O–H groups in total. The van der Waals surface area contributed by atoms with E-state index >= 15 is 0 Å². The molecule has 0 aromatic heterocycles. The van der Waals surface area contributed by atoms with Gasteiger partial charge in [-0.1, -0.05) is 12.8 Å². The van der Waals surface area contributed by atoms with Gasteiger partial charge in [-0.05, 0) is 25.0 Å². The molecule has 0 unspecified atom stereocenters. The Bertz CT molecular complexity index is 375. The Kier molecular flexibility index (Phi) is 3.10. The zero-order valence-electron chi connectivity index (χ0n) is 8.97. The molecule has 0 heterocycles. The van der Waals surface area contributed by atoms with Crippen molar-refractivity contribution in [3.63, 3.8) is 0 Å². The van der Waals surface area contributed by atoms with Gasteiger partial charge in [-0.15, -0.1) is 0 Å². The van der Waals surface area contributed by atoms with Gasteiger partial charge >= 0.3 is 0 Å². The Morgan fingerprint density at radius 3 is 2.56 bits per heavy atom. The predicted molar refractivity (Wildman–Crippen MR) is 58.3 cm³/mol. The third kappa shape index (κ3) is 2.50. The topological polar surface area (TPSA) is 32.3 Å². The SMILES string of the molecule is OC1(CNc2ccc(F)cc2F)CCCC1. The lowest BCUT2D eigenvalue weighted by Gasteiger charge is -2.23. The molecule has 16 heavy (non-hydrogen) atoms. The summed E-state index contributed by atoms with van der Waals surface area (Å²) in [6.07, 6.45) is 3.49. The number of hydrogen-bond donors (Lipinski definition) is 2. The largest absolute Gasteiger partial charge is 0.388 e. The van der Waals surface area contributed by atoms with Crippen LogP contribution in [0.3, 0.4) is 0 Å². The van der Waals surface area contributed by atoms with E-state index in [1.54, 1.807) is 0 Å². The minimum atomic E-state index is -0.735. The van der Waals surface area contributed by atoms with Gasteiger partial charge in [0.25, 0.3) is 0 Å². The number of halogens is 2. The number of rotatable bonds is 3. The van der Waals surface area contributed by atoms with Crippen LogP contribution >= 0.6 is 0 Å². The molecule has 1 fully saturated rings. The predicted octanol–water partition coefficient (Wildman–Crippen LogP) is 2.68. The Labute approximate surface area is 93.3 Å². The number of benzene rings is 1. The minimum Gasteiger partial charge on any atom is -0.388 e. The maximum atomic E-state index is 13.3. The smallest absolute Gasteiger partial charge is 0.149 e. The lowest BCUT2D eigenvalue weighted by Crippen LogP contribution is -2.33. The fraction of sp³-hybridized carbons (Fsp3) is 0.500. The van der Waals surface area contributed by atoms with Gasteiger partial charge in [-0.3, -0.25) is 0 Å². The second-order valence-electron chi connectivity index (χ2n) is 4.41. The lowest BCUT2D eigenvalue weighted by molar-refractivity contribution is 0.0614. The molecule has 2 nitrogen and oxygen atoms in total. The van der Waals surface area contributed by atoms with Crippen LogP contribution in [0.5, 0.6) is 0 Å². The molecule has 0 saturated heterocycles. The van der Waals surface area contributed by atoms with Crippen LogP contribution in [0.25, 0.3) is 0 Å². The van der Waals surface area contributed by atoms with Crippen molar-refractivity contribution in [2.24, 2.45) is 0 Å². The molecule has 0 atom stereocenters. The molecule has 1 aliphatic carbocycles. The van der Waals surface area contributed by atoms with Crippen LogP contribution in [-0.2, 0) is 0 Å². The standard InChI is InChI=1S/C12H15F2NO/c13-9-3-4-11(10(14)7-9)15-8-12(16)5-1-2-6-12/h3-4,7,15-16H,1-2,5-6,8H2. The Balaban J connectivity index is 1.99. The van der Waals surface area contributed by atoms with E-state index in [0.717, 1.165) is 31.7 Å². The molecular formula is C12H15F2NO. The maximum Gasteiger partial charge on any atom is 0.149 e. The molecule has 4 heteroatoms. The van der Waals surface area contributed by atoms with Crippen molar-refractivity contribution in [1.29, 1.82) is 0 Å². The molecule has 0 aliphatic heterocycles. The summed E-state index contributed by atoms with van der Waals surface area (Å²) >= 11 is 0. The molecular weight excluding hydrogens is 212 g/mol. The first-order chi connectivity index (χ1) is 7.59. The third-order valence-electron chi connectivity index (χ3n) is 3.07. The highest BCUT2D eigenvalue weighted by atomic mass is 19.1. The van der Waals surface area contributed by atoms with Crippen molar-refractivity contribution >= 4 is 5.69 Å². The molecule has 0 spiro atoms. The molecule has 88 valence electrons. The van der Waals surface area contributed by atoms with Crippen LogP contribution in [0.15, 0.2) is 18.2 Å². The summed E-state index contributed by atoms with van der Waals surface area (Å²) in [4.78, 5) is 0. The summed E-state index contributed by atoms with van der Waals surface area (Å²) in [6, 6.07) is 3.38. The van der Waals surface area contributed by atoms with E-state index in [1.807, 2.05) is 0 Å². The van der Waals surface area contributed by atoms with Crippen molar-refractivity contribution in [3.05, 3.63) is 29.8 Å². The van der Waals surface area contributed by atoms with Crippen molar-refractivity contribution in [1.82, 2.24) is 0 Å². The molecule has 1 aromatic rings.